The summed E-state index contributed by atoms with van der Waals surface area (Å²) >= 11 is 0. The van der Waals surface area contributed by atoms with Gasteiger partial charge in [0.1, 0.15) is 17.9 Å². The van der Waals surface area contributed by atoms with Crippen LogP contribution in [0.4, 0.5) is 11.5 Å². The van der Waals surface area contributed by atoms with Crippen molar-refractivity contribution in [1.82, 2.24) is 19.8 Å². The Labute approximate surface area is 254 Å². The Morgan fingerprint density at radius 3 is 2.74 bits per heavy atom. The third-order valence-electron chi connectivity index (χ3n) is 9.18. The first-order valence-electron chi connectivity index (χ1n) is 15.5. The van der Waals surface area contributed by atoms with Gasteiger partial charge in [-0.15, -0.1) is 0 Å². The molecule has 3 aromatic rings. The van der Waals surface area contributed by atoms with E-state index in [0.29, 0.717) is 39.2 Å². The van der Waals surface area contributed by atoms with Gasteiger partial charge in [0.25, 0.3) is 0 Å². The first kappa shape index (κ1) is 29.1. The van der Waals surface area contributed by atoms with Crippen LogP contribution in [0.5, 0.6) is 0 Å². The number of rotatable bonds is 8. The number of carbonyl (C=O) groups is 1. The summed E-state index contributed by atoms with van der Waals surface area (Å²) in [6.07, 6.45) is 5.45. The Kier molecular flexibility index (Phi) is 8.59. The van der Waals surface area contributed by atoms with Gasteiger partial charge in [-0.05, 0) is 56.3 Å². The molecule has 1 aromatic heterocycles. The van der Waals surface area contributed by atoms with Crippen LogP contribution >= 0.6 is 0 Å². The molecule has 2 saturated heterocycles. The highest BCUT2D eigenvalue weighted by molar-refractivity contribution is 5.97. The summed E-state index contributed by atoms with van der Waals surface area (Å²) in [5.74, 6) is 1.60. The van der Waals surface area contributed by atoms with Crippen molar-refractivity contribution in [1.29, 1.82) is 5.26 Å². The number of likely N-dealkylation sites (tertiary alicyclic amines) is 1. The molecule has 0 radical (unpaired) electrons. The second-order valence-corrected chi connectivity index (χ2v) is 11.9. The van der Waals surface area contributed by atoms with E-state index in [1.54, 1.807) is 4.90 Å². The number of hydrogen-bond donors (Lipinski definition) is 0. The fraction of sp³-hybridized carbons (Fsp3) is 0.471. The minimum Gasteiger partial charge on any atom is -0.365 e. The molecule has 2 aromatic carbocycles. The highest BCUT2D eigenvalue weighted by atomic mass is 16.5. The maximum absolute atomic E-state index is 12.6. The first-order chi connectivity index (χ1) is 21.0. The van der Waals surface area contributed by atoms with Crippen molar-refractivity contribution in [3.63, 3.8) is 0 Å². The van der Waals surface area contributed by atoms with E-state index in [1.165, 1.54) is 33.7 Å². The van der Waals surface area contributed by atoms with Crippen molar-refractivity contribution in [3.8, 4) is 6.07 Å². The van der Waals surface area contributed by atoms with E-state index < -0.39 is 0 Å². The van der Waals surface area contributed by atoms with Crippen molar-refractivity contribution in [3.05, 3.63) is 71.7 Å². The Hall–Kier alpha value is -4.00. The van der Waals surface area contributed by atoms with Gasteiger partial charge in [-0.25, -0.2) is 9.97 Å². The van der Waals surface area contributed by atoms with Crippen LogP contribution in [0.2, 0.25) is 0 Å². The quantitative estimate of drug-likeness (QED) is 0.367. The van der Waals surface area contributed by atoms with Crippen molar-refractivity contribution in [2.45, 2.75) is 57.8 Å². The van der Waals surface area contributed by atoms with Gasteiger partial charge in [0.05, 0.1) is 37.4 Å². The number of benzene rings is 2. The molecule has 2 atom stereocenters. The lowest BCUT2D eigenvalue weighted by Crippen LogP contribution is -2.55. The summed E-state index contributed by atoms with van der Waals surface area (Å²) in [7, 11) is 2.11. The van der Waals surface area contributed by atoms with Crippen LogP contribution < -0.4 is 9.80 Å². The van der Waals surface area contributed by atoms with Crippen molar-refractivity contribution < 1.29 is 9.53 Å². The number of anilines is 2. The minimum atomic E-state index is -0.210. The summed E-state index contributed by atoms with van der Waals surface area (Å²) < 4.78 is 6.23. The molecule has 9 heteroatoms. The molecule has 0 unspecified atom stereocenters. The zero-order chi connectivity index (χ0) is 29.9. The highest BCUT2D eigenvalue weighted by Crippen LogP contribution is 2.35. The second kappa shape index (κ2) is 12.7. The predicted octanol–water partition coefficient (Wildman–Crippen LogP) is 4.23. The maximum Gasteiger partial charge on any atom is 0.246 e. The monoisotopic (exact) mass is 579 g/mol. The summed E-state index contributed by atoms with van der Waals surface area (Å²) in [6.45, 7) is 10.8. The first-order valence-corrected chi connectivity index (χ1v) is 15.5. The van der Waals surface area contributed by atoms with E-state index in [0.717, 1.165) is 49.7 Å². The number of amides is 1. The average molecular weight is 580 g/mol. The molecule has 1 amide bonds. The number of hydrogen-bond acceptors (Lipinski definition) is 8. The van der Waals surface area contributed by atoms with Gasteiger partial charge in [-0.2, -0.15) is 5.26 Å². The van der Waals surface area contributed by atoms with E-state index >= 15 is 0 Å². The Morgan fingerprint density at radius 1 is 1.14 bits per heavy atom. The third kappa shape index (κ3) is 5.95. The largest absolute Gasteiger partial charge is 0.365 e. The average Bonchev–Trinajstić information content (AvgIpc) is 3.44. The molecule has 3 aliphatic rings. The van der Waals surface area contributed by atoms with Crippen LogP contribution in [0.15, 0.2) is 49.1 Å². The summed E-state index contributed by atoms with van der Waals surface area (Å²) in [6, 6.07) is 15.1. The normalized spacial score (nSPS) is 20.7. The number of carbonyl (C=O) groups excluding carboxylic acids is 1. The lowest BCUT2D eigenvalue weighted by molar-refractivity contribution is -0.128. The van der Waals surface area contributed by atoms with E-state index in [9.17, 15) is 10.1 Å². The zero-order valence-electron chi connectivity index (χ0n) is 25.3. The van der Waals surface area contributed by atoms with Crippen LogP contribution in [0.1, 0.15) is 41.9 Å². The third-order valence-corrected chi connectivity index (χ3v) is 9.18. The van der Waals surface area contributed by atoms with Crippen LogP contribution in [0.25, 0.3) is 10.8 Å². The Morgan fingerprint density at radius 2 is 1.98 bits per heavy atom. The molecule has 43 heavy (non-hydrogen) atoms. The van der Waals surface area contributed by atoms with E-state index in [2.05, 4.69) is 77.7 Å². The van der Waals surface area contributed by atoms with Crippen LogP contribution in [0.3, 0.4) is 0 Å². The van der Waals surface area contributed by atoms with Gasteiger partial charge in [-0.1, -0.05) is 36.9 Å². The molecule has 0 N–H and O–H groups in total. The smallest absolute Gasteiger partial charge is 0.246 e. The number of aryl methyl sites for hydroxylation is 1. The molecule has 0 bridgehead atoms. The molecule has 0 saturated carbocycles. The molecule has 9 nitrogen and oxygen atoms in total. The standard InChI is InChI=1S/C34H41N7O2/c1-4-31(42)41-20-19-40(22-26(41)13-16-35)34-27-14-18-39(29-11-6-10-25-9-5-8-24(2)33(25)29)23-28(27)36-30(37-34)15-21-43-32-12-7-17-38(32)3/h4-6,8-11,26,32H,1,7,12-15,17-23H2,2-3H3/t26-,32-/m0/s1. The van der Waals surface area contributed by atoms with Crippen molar-refractivity contribution in [2.24, 2.45) is 0 Å². The number of fused-ring (bicyclic) bond motifs is 2. The Bertz CT molecular complexity index is 1540. The van der Waals surface area contributed by atoms with Gasteiger partial charge in [-0.3, -0.25) is 9.69 Å². The zero-order valence-corrected chi connectivity index (χ0v) is 25.3. The molecule has 6 rings (SSSR count). The molecule has 2 fully saturated rings. The molecule has 3 aliphatic heterocycles. The molecule has 224 valence electrons. The van der Waals surface area contributed by atoms with E-state index in [-0.39, 0.29) is 24.6 Å². The lowest BCUT2D eigenvalue weighted by atomic mass is 9.99. The van der Waals surface area contributed by atoms with Gasteiger partial charge in [0.15, 0.2) is 0 Å². The predicted molar refractivity (Wildman–Crippen MR) is 169 cm³/mol. The summed E-state index contributed by atoms with van der Waals surface area (Å²) in [4.78, 5) is 31.6. The number of nitrogens with zero attached hydrogens (tertiary/aromatic N) is 7. The number of piperazine rings is 1. The van der Waals surface area contributed by atoms with E-state index in [4.69, 9.17) is 14.7 Å². The van der Waals surface area contributed by atoms with Crippen LogP contribution in [0, 0.1) is 18.3 Å². The highest BCUT2D eigenvalue weighted by Gasteiger charge is 2.33. The second-order valence-electron chi connectivity index (χ2n) is 11.9. The molecule has 0 spiro atoms. The van der Waals surface area contributed by atoms with Gasteiger partial charge < -0.3 is 19.4 Å². The molecular formula is C34H41N7O2. The van der Waals surface area contributed by atoms with Gasteiger partial charge in [0.2, 0.25) is 5.91 Å². The fourth-order valence-corrected chi connectivity index (χ4v) is 6.92. The minimum absolute atomic E-state index is 0.125. The number of aromatic nitrogens is 2. The van der Waals surface area contributed by atoms with Crippen molar-refractivity contribution in [2.75, 3.05) is 56.2 Å². The fourth-order valence-electron chi connectivity index (χ4n) is 6.92. The summed E-state index contributed by atoms with van der Waals surface area (Å²) in [5, 5.41) is 12.1. The van der Waals surface area contributed by atoms with Crippen LogP contribution in [-0.4, -0.2) is 84.3 Å². The molecule has 0 aliphatic carbocycles. The maximum atomic E-state index is 12.6. The molecule has 4 heterocycles. The lowest BCUT2D eigenvalue weighted by Gasteiger charge is -2.42. The number of nitriles is 1. The molecular weight excluding hydrogens is 538 g/mol. The van der Waals surface area contributed by atoms with Gasteiger partial charge in [0, 0.05) is 55.8 Å². The SMILES string of the molecule is C=CC(=O)N1CCN(c2nc(CCO[C@H]3CCCN3C)nc3c2CCN(c2cccc4cccc(C)c24)C3)C[C@@H]1CC#N. The number of ether oxygens (including phenoxy) is 1. The van der Waals surface area contributed by atoms with Gasteiger partial charge >= 0.3 is 0 Å². The summed E-state index contributed by atoms with van der Waals surface area (Å²) in [5.41, 5.74) is 4.73. The Balaban J connectivity index is 1.31. The van der Waals surface area contributed by atoms with Crippen molar-refractivity contribution >= 4 is 28.2 Å². The topological polar surface area (TPSA) is 88.8 Å². The van der Waals surface area contributed by atoms with Crippen LogP contribution in [-0.2, 0) is 28.9 Å². The van der Waals surface area contributed by atoms with E-state index in [1.807, 2.05) is 0 Å².